The van der Waals surface area contributed by atoms with Crippen molar-refractivity contribution in [3.8, 4) is 0 Å². The molecule has 2 aliphatic carbocycles. The van der Waals surface area contributed by atoms with Crippen molar-refractivity contribution in [1.29, 1.82) is 0 Å². The molecule has 0 aliphatic heterocycles. The summed E-state index contributed by atoms with van der Waals surface area (Å²) in [7, 11) is 0. The summed E-state index contributed by atoms with van der Waals surface area (Å²) >= 11 is 3.45. The lowest BCUT2D eigenvalue weighted by molar-refractivity contribution is -0.110. The number of halogens is 1. The standard InChI is InChI=1S/C22H17BrO/c1-22(2)19-6-4-3-5-15(19)13-18-20(22)12-11-17(21(18)24)14-7-9-16(23)10-8-14/h3-13H,1-2H3. The first-order valence-corrected chi connectivity index (χ1v) is 8.82. The molecule has 0 N–H and O–H groups in total. The molecule has 0 fully saturated rings. The number of hydrogen-bond donors (Lipinski definition) is 0. The minimum Gasteiger partial charge on any atom is -0.289 e. The molecule has 0 bridgehead atoms. The largest absolute Gasteiger partial charge is 0.289 e. The third kappa shape index (κ3) is 2.25. The number of ketones is 1. The number of fused-ring (bicyclic) bond motifs is 2. The second kappa shape index (κ2) is 5.42. The van der Waals surface area contributed by atoms with Crippen LogP contribution in [0.5, 0.6) is 0 Å². The number of carbonyl (C=O) groups excluding carboxylic acids is 1. The van der Waals surface area contributed by atoms with Crippen LogP contribution in [0.2, 0.25) is 0 Å². The first kappa shape index (κ1) is 15.3. The molecule has 0 saturated carbocycles. The summed E-state index contributed by atoms with van der Waals surface area (Å²) in [6, 6.07) is 16.2. The molecule has 4 rings (SSSR count). The van der Waals surface area contributed by atoms with Crippen LogP contribution in [-0.4, -0.2) is 5.78 Å². The quantitative estimate of drug-likeness (QED) is 0.622. The second-order valence-corrected chi connectivity index (χ2v) is 7.68. The maximum absolute atomic E-state index is 13.2. The highest BCUT2D eigenvalue weighted by molar-refractivity contribution is 9.10. The smallest absolute Gasteiger partial charge is 0.193 e. The Hall–Kier alpha value is -2.19. The highest BCUT2D eigenvalue weighted by atomic mass is 79.9. The Morgan fingerprint density at radius 3 is 2.33 bits per heavy atom. The molecular weight excluding hydrogens is 360 g/mol. The van der Waals surface area contributed by atoms with Gasteiger partial charge in [0.2, 0.25) is 0 Å². The van der Waals surface area contributed by atoms with Crippen molar-refractivity contribution in [2.75, 3.05) is 0 Å². The van der Waals surface area contributed by atoms with Crippen molar-refractivity contribution in [2.24, 2.45) is 0 Å². The van der Waals surface area contributed by atoms with E-state index in [1.165, 1.54) is 5.56 Å². The van der Waals surface area contributed by atoms with E-state index in [0.717, 1.165) is 32.3 Å². The highest BCUT2D eigenvalue weighted by Crippen LogP contribution is 2.45. The first-order valence-electron chi connectivity index (χ1n) is 8.03. The topological polar surface area (TPSA) is 17.1 Å². The van der Waals surface area contributed by atoms with E-state index < -0.39 is 0 Å². The van der Waals surface area contributed by atoms with Crippen LogP contribution in [0, 0.1) is 0 Å². The molecule has 24 heavy (non-hydrogen) atoms. The summed E-state index contributed by atoms with van der Waals surface area (Å²) in [4.78, 5) is 13.2. The molecule has 0 amide bonds. The molecule has 2 heteroatoms. The Labute approximate surface area is 150 Å². The lowest BCUT2D eigenvalue weighted by Gasteiger charge is -2.36. The molecule has 0 spiro atoms. The minimum atomic E-state index is -0.169. The third-order valence-electron chi connectivity index (χ3n) is 4.96. The Kier molecular flexibility index (Phi) is 3.47. The molecule has 0 atom stereocenters. The van der Waals surface area contributed by atoms with E-state index in [2.05, 4.69) is 54.1 Å². The van der Waals surface area contributed by atoms with Crippen LogP contribution < -0.4 is 0 Å². The van der Waals surface area contributed by atoms with Crippen LogP contribution in [0.15, 0.2) is 76.3 Å². The summed E-state index contributed by atoms with van der Waals surface area (Å²) in [6.07, 6.45) is 6.12. The lowest BCUT2D eigenvalue weighted by atomic mass is 9.66. The zero-order valence-electron chi connectivity index (χ0n) is 13.6. The summed E-state index contributed by atoms with van der Waals surface area (Å²) in [6.45, 7) is 4.38. The fraction of sp³-hybridized carbons (Fsp3) is 0.136. The first-order chi connectivity index (χ1) is 11.5. The normalized spacial score (nSPS) is 18.1. The maximum Gasteiger partial charge on any atom is 0.193 e. The van der Waals surface area contributed by atoms with Gasteiger partial charge in [0.25, 0.3) is 0 Å². The average molecular weight is 377 g/mol. The molecule has 0 aromatic heterocycles. The van der Waals surface area contributed by atoms with E-state index >= 15 is 0 Å². The van der Waals surface area contributed by atoms with E-state index in [0.29, 0.717) is 0 Å². The number of rotatable bonds is 1. The van der Waals surface area contributed by atoms with E-state index in [4.69, 9.17) is 0 Å². The van der Waals surface area contributed by atoms with Crippen LogP contribution in [0.4, 0.5) is 0 Å². The van der Waals surface area contributed by atoms with Crippen molar-refractivity contribution in [1.82, 2.24) is 0 Å². The molecule has 2 aromatic rings. The Morgan fingerprint density at radius 2 is 1.58 bits per heavy atom. The maximum atomic E-state index is 13.2. The third-order valence-corrected chi connectivity index (χ3v) is 5.49. The van der Waals surface area contributed by atoms with Crippen LogP contribution >= 0.6 is 15.9 Å². The number of Topliss-reactive ketones (excluding diaryl/α,β-unsaturated/α-hetero) is 1. The van der Waals surface area contributed by atoms with Gasteiger partial charge >= 0.3 is 0 Å². The molecule has 1 nitrogen and oxygen atoms in total. The fourth-order valence-corrected chi connectivity index (χ4v) is 3.90. The van der Waals surface area contributed by atoms with Crippen LogP contribution in [0.3, 0.4) is 0 Å². The number of benzene rings is 2. The van der Waals surface area contributed by atoms with Gasteiger partial charge in [-0.3, -0.25) is 4.79 Å². The van der Waals surface area contributed by atoms with Crippen molar-refractivity contribution in [3.63, 3.8) is 0 Å². The number of carbonyl (C=O) groups is 1. The zero-order chi connectivity index (χ0) is 16.9. The van der Waals surface area contributed by atoms with Gasteiger partial charge in [-0.1, -0.05) is 78.3 Å². The van der Waals surface area contributed by atoms with Crippen molar-refractivity contribution < 1.29 is 4.79 Å². The summed E-state index contributed by atoms with van der Waals surface area (Å²) in [5, 5.41) is 0. The van der Waals surface area contributed by atoms with Gasteiger partial charge in [-0.15, -0.1) is 0 Å². The van der Waals surface area contributed by atoms with Crippen LogP contribution in [0.1, 0.15) is 30.5 Å². The molecular formula is C22H17BrO. The summed E-state index contributed by atoms with van der Waals surface area (Å²) in [5.41, 5.74) is 5.88. The SMILES string of the molecule is CC1(C)C2=CC=C(c3ccc(Br)cc3)C(=O)C2=Cc2ccccc21. The van der Waals surface area contributed by atoms with Crippen LogP contribution in [0.25, 0.3) is 11.6 Å². The van der Waals surface area contributed by atoms with Crippen molar-refractivity contribution in [2.45, 2.75) is 19.3 Å². The second-order valence-electron chi connectivity index (χ2n) is 6.77. The number of hydrogen-bond acceptors (Lipinski definition) is 1. The number of allylic oxidation sites excluding steroid dienone is 5. The van der Waals surface area contributed by atoms with E-state index in [1.54, 1.807) is 0 Å². The fourth-order valence-electron chi connectivity index (χ4n) is 3.64. The molecule has 0 heterocycles. The van der Waals surface area contributed by atoms with Gasteiger partial charge in [0.15, 0.2) is 5.78 Å². The molecule has 2 aliphatic rings. The van der Waals surface area contributed by atoms with Gasteiger partial charge in [-0.05, 0) is 40.5 Å². The Balaban J connectivity index is 1.88. The predicted molar refractivity (Wildman–Crippen MR) is 103 cm³/mol. The van der Waals surface area contributed by atoms with Gasteiger partial charge in [0.05, 0.1) is 0 Å². The molecule has 118 valence electrons. The molecule has 2 aromatic carbocycles. The predicted octanol–water partition coefficient (Wildman–Crippen LogP) is 5.72. The minimum absolute atomic E-state index is 0.109. The van der Waals surface area contributed by atoms with Gasteiger partial charge in [-0.2, -0.15) is 0 Å². The summed E-state index contributed by atoms with van der Waals surface area (Å²) < 4.78 is 1.01. The monoisotopic (exact) mass is 376 g/mol. The van der Waals surface area contributed by atoms with Gasteiger partial charge in [-0.25, -0.2) is 0 Å². The molecule has 0 saturated heterocycles. The lowest BCUT2D eigenvalue weighted by Crippen LogP contribution is -2.30. The Morgan fingerprint density at radius 1 is 0.875 bits per heavy atom. The van der Waals surface area contributed by atoms with Crippen molar-refractivity contribution >= 4 is 33.4 Å². The van der Waals surface area contributed by atoms with Gasteiger partial charge < -0.3 is 0 Å². The van der Waals surface area contributed by atoms with Crippen molar-refractivity contribution in [3.05, 3.63) is 93.0 Å². The zero-order valence-corrected chi connectivity index (χ0v) is 15.2. The van der Waals surface area contributed by atoms with E-state index in [-0.39, 0.29) is 11.2 Å². The van der Waals surface area contributed by atoms with Gasteiger partial charge in [0, 0.05) is 21.0 Å². The summed E-state index contributed by atoms with van der Waals surface area (Å²) in [5.74, 6) is 0.109. The Bertz CT molecular complexity index is 940. The van der Waals surface area contributed by atoms with Gasteiger partial charge in [0.1, 0.15) is 0 Å². The molecule has 0 radical (unpaired) electrons. The average Bonchev–Trinajstić information content (AvgIpc) is 2.57. The highest BCUT2D eigenvalue weighted by Gasteiger charge is 2.37. The van der Waals surface area contributed by atoms with E-state index in [1.807, 2.05) is 42.5 Å². The van der Waals surface area contributed by atoms with Crippen LogP contribution in [-0.2, 0) is 10.2 Å². The van der Waals surface area contributed by atoms with E-state index in [9.17, 15) is 4.79 Å². The molecule has 0 unspecified atom stereocenters.